The van der Waals surface area contributed by atoms with Gasteiger partial charge in [-0.15, -0.1) is 0 Å². The third-order valence-electron chi connectivity index (χ3n) is 5.73. The number of aryl methyl sites for hydroxylation is 1. The summed E-state index contributed by atoms with van der Waals surface area (Å²) >= 11 is 0. The number of nitrogens with one attached hydrogen (secondary N) is 1. The molecule has 2 aromatic carbocycles. The number of nitrogens with zero attached hydrogens (tertiary/aromatic N) is 2. The number of esters is 1. The lowest BCUT2D eigenvalue weighted by Gasteiger charge is -2.25. The summed E-state index contributed by atoms with van der Waals surface area (Å²) in [6.07, 6.45) is 2.15. The summed E-state index contributed by atoms with van der Waals surface area (Å²) in [5.74, 6) is -1.22. The lowest BCUT2D eigenvalue weighted by molar-refractivity contribution is -0.144. The largest absolute Gasteiger partial charge is 0.469 e. The number of ether oxygens (including phenoxy) is 1. The van der Waals surface area contributed by atoms with Crippen molar-refractivity contribution in [2.24, 2.45) is 5.92 Å². The summed E-state index contributed by atoms with van der Waals surface area (Å²) in [6.45, 7) is 0.834. The maximum absolute atomic E-state index is 13.0. The molecule has 2 amide bonds. The van der Waals surface area contributed by atoms with Crippen molar-refractivity contribution in [1.82, 2.24) is 10.2 Å². The van der Waals surface area contributed by atoms with Gasteiger partial charge in [-0.25, -0.2) is 0 Å². The predicted molar refractivity (Wildman–Crippen MR) is 118 cm³/mol. The Morgan fingerprint density at radius 2 is 1.97 bits per heavy atom. The molecule has 0 saturated carbocycles. The van der Waals surface area contributed by atoms with E-state index in [1.807, 2.05) is 24.3 Å². The van der Waals surface area contributed by atoms with E-state index in [0.717, 1.165) is 12.8 Å². The van der Waals surface area contributed by atoms with Gasteiger partial charge < -0.3 is 15.0 Å². The zero-order chi connectivity index (χ0) is 22.9. The molecule has 2 atom stereocenters. The highest BCUT2D eigenvalue weighted by molar-refractivity contribution is 5.94. The summed E-state index contributed by atoms with van der Waals surface area (Å²) in [4.78, 5) is 39.1. The van der Waals surface area contributed by atoms with Crippen LogP contribution in [-0.4, -0.2) is 48.9 Å². The number of hydrogen-bond acceptors (Lipinski definition) is 5. The van der Waals surface area contributed by atoms with Crippen LogP contribution in [0.2, 0.25) is 0 Å². The molecule has 7 heteroatoms. The highest BCUT2D eigenvalue weighted by atomic mass is 16.5. The minimum atomic E-state index is -0.442. The average Bonchev–Trinajstić information content (AvgIpc) is 3.12. The fraction of sp³-hybridized carbons (Fsp3) is 0.360. The molecule has 3 rings (SSSR count). The molecule has 7 nitrogen and oxygen atoms in total. The third kappa shape index (κ3) is 5.94. The van der Waals surface area contributed by atoms with E-state index < -0.39 is 11.9 Å². The lowest BCUT2D eigenvalue weighted by atomic mass is 10.0. The number of carbonyl (C=O) groups is 3. The van der Waals surface area contributed by atoms with E-state index in [1.165, 1.54) is 18.7 Å². The number of rotatable bonds is 9. The van der Waals surface area contributed by atoms with Gasteiger partial charge in [0.2, 0.25) is 5.91 Å². The molecule has 0 aromatic heterocycles. The maximum Gasteiger partial charge on any atom is 0.306 e. The van der Waals surface area contributed by atoms with Crippen LogP contribution in [0.3, 0.4) is 0 Å². The molecule has 2 aromatic rings. The van der Waals surface area contributed by atoms with Gasteiger partial charge in [0.25, 0.3) is 5.91 Å². The van der Waals surface area contributed by atoms with Gasteiger partial charge in [0.15, 0.2) is 0 Å². The van der Waals surface area contributed by atoms with Gasteiger partial charge in [0, 0.05) is 24.7 Å². The number of likely N-dealkylation sites (tertiary alicyclic amines) is 1. The Balaban J connectivity index is 1.63. The molecule has 1 aliphatic heterocycles. The van der Waals surface area contributed by atoms with Gasteiger partial charge in [-0.2, -0.15) is 5.26 Å². The van der Waals surface area contributed by atoms with Gasteiger partial charge in [-0.05, 0) is 43.0 Å². The highest BCUT2D eigenvalue weighted by Crippen LogP contribution is 2.28. The average molecular weight is 434 g/mol. The van der Waals surface area contributed by atoms with Crippen molar-refractivity contribution in [3.63, 3.8) is 0 Å². The quantitative estimate of drug-likeness (QED) is 0.613. The van der Waals surface area contributed by atoms with Crippen LogP contribution in [0.5, 0.6) is 0 Å². The molecule has 0 aliphatic carbocycles. The maximum atomic E-state index is 13.0. The van der Waals surface area contributed by atoms with Crippen molar-refractivity contribution < 1.29 is 19.1 Å². The summed E-state index contributed by atoms with van der Waals surface area (Å²) in [5, 5.41) is 11.9. The number of amides is 2. The van der Waals surface area contributed by atoms with Crippen LogP contribution in [0.4, 0.5) is 0 Å². The van der Waals surface area contributed by atoms with Gasteiger partial charge in [-0.3, -0.25) is 14.4 Å². The van der Waals surface area contributed by atoms with E-state index in [0.29, 0.717) is 24.1 Å². The minimum Gasteiger partial charge on any atom is -0.469 e. The Morgan fingerprint density at radius 3 is 2.69 bits per heavy atom. The summed E-state index contributed by atoms with van der Waals surface area (Å²) in [5.41, 5.74) is 2.01. The first kappa shape index (κ1) is 23.0. The van der Waals surface area contributed by atoms with Crippen molar-refractivity contribution >= 4 is 17.8 Å². The number of nitriles is 1. The topological polar surface area (TPSA) is 99.5 Å². The first-order valence-electron chi connectivity index (χ1n) is 10.7. The summed E-state index contributed by atoms with van der Waals surface area (Å²) in [7, 11) is 1.31. The Labute approximate surface area is 188 Å². The monoisotopic (exact) mass is 433 g/mol. The van der Waals surface area contributed by atoms with E-state index in [-0.39, 0.29) is 30.8 Å². The number of hydrogen-bond donors (Lipinski definition) is 1. The van der Waals surface area contributed by atoms with E-state index in [1.54, 1.807) is 23.1 Å². The minimum absolute atomic E-state index is 0.0409. The van der Waals surface area contributed by atoms with Crippen molar-refractivity contribution in [3.8, 4) is 6.07 Å². The normalized spacial score (nSPS) is 17.6. The van der Waals surface area contributed by atoms with Crippen LogP contribution in [0.25, 0.3) is 0 Å². The molecular weight excluding hydrogens is 406 g/mol. The molecule has 1 fully saturated rings. The highest BCUT2D eigenvalue weighted by Gasteiger charge is 2.40. The van der Waals surface area contributed by atoms with Crippen LogP contribution in [0.15, 0.2) is 54.6 Å². The first-order chi connectivity index (χ1) is 15.5. The summed E-state index contributed by atoms with van der Waals surface area (Å²) in [6, 6.07) is 18.4. The smallest absolute Gasteiger partial charge is 0.306 e. The van der Waals surface area contributed by atoms with Crippen LogP contribution in [0.1, 0.15) is 40.7 Å². The predicted octanol–water partition coefficient (Wildman–Crippen LogP) is 2.70. The van der Waals surface area contributed by atoms with Crippen molar-refractivity contribution in [2.75, 3.05) is 20.2 Å². The first-order valence-corrected chi connectivity index (χ1v) is 10.7. The van der Waals surface area contributed by atoms with E-state index in [9.17, 15) is 14.4 Å². The standard InChI is InChI=1S/C25H27N3O4/c1-32-23(29)15-21-14-22(17-27-24(30)20-11-5-9-19(13-20)16-26)28(25(21)31)12-6-10-18-7-3-2-4-8-18/h2-5,7-9,11,13,21-22H,6,10,12,14-15,17H2,1H3,(H,27,30)/t21-,22-/m0/s1. The zero-order valence-electron chi connectivity index (χ0n) is 18.1. The molecule has 0 spiro atoms. The van der Waals surface area contributed by atoms with Gasteiger partial charge in [-0.1, -0.05) is 36.4 Å². The second-order valence-corrected chi connectivity index (χ2v) is 7.89. The molecule has 1 heterocycles. The van der Waals surface area contributed by atoms with Crippen LogP contribution < -0.4 is 5.32 Å². The van der Waals surface area contributed by atoms with Crippen molar-refractivity contribution in [1.29, 1.82) is 5.26 Å². The van der Waals surface area contributed by atoms with Crippen LogP contribution in [0, 0.1) is 17.2 Å². The second kappa shape index (κ2) is 11.1. The summed E-state index contributed by atoms with van der Waals surface area (Å²) < 4.78 is 4.74. The van der Waals surface area contributed by atoms with Gasteiger partial charge >= 0.3 is 5.97 Å². The van der Waals surface area contributed by atoms with E-state index in [4.69, 9.17) is 10.00 Å². The Kier molecular flexibility index (Phi) is 7.98. The third-order valence-corrected chi connectivity index (χ3v) is 5.73. The molecule has 32 heavy (non-hydrogen) atoms. The number of carbonyl (C=O) groups excluding carboxylic acids is 3. The second-order valence-electron chi connectivity index (χ2n) is 7.89. The van der Waals surface area contributed by atoms with Gasteiger partial charge in [0.1, 0.15) is 0 Å². The fourth-order valence-electron chi connectivity index (χ4n) is 4.05. The SMILES string of the molecule is COC(=O)C[C@@H]1C[C@@H](CNC(=O)c2cccc(C#N)c2)N(CCCc2ccccc2)C1=O. The van der Waals surface area contributed by atoms with Crippen molar-refractivity contribution in [3.05, 3.63) is 71.3 Å². The van der Waals surface area contributed by atoms with Gasteiger partial charge in [0.05, 0.1) is 31.1 Å². The molecule has 166 valence electrons. The number of methoxy groups -OCH3 is 1. The lowest BCUT2D eigenvalue weighted by Crippen LogP contribution is -2.42. The molecular formula is C25H27N3O4. The van der Waals surface area contributed by atoms with Crippen LogP contribution >= 0.6 is 0 Å². The van der Waals surface area contributed by atoms with E-state index in [2.05, 4.69) is 17.4 Å². The van der Waals surface area contributed by atoms with Crippen LogP contribution in [-0.2, 0) is 20.7 Å². The molecule has 0 bridgehead atoms. The Hall–Kier alpha value is -3.66. The Bertz CT molecular complexity index is 1000. The molecule has 1 saturated heterocycles. The van der Waals surface area contributed by atoms with Crippen molar-refractivity contribution in [2.45, 2.75) is 31.7 Å². The Morgan fingerprint density at radius 1 is 1.19 bits per heavy atom. The molecule has 0 radical (unpaired) electrons. The zero-order valence-corrected chi connectivity index (χ0v) is 18.1. The molecule has 1 aliphatic rings. The molecule has 0 unspecified atom stereocenters. The molecule has 1 N–H and O–H groups in total. The van der Waals surface area contributed by atoms with E-state index >= 15 is 0 Å². The number of benzene rings is 2. The fourth-order valence-corrected chi connectivity index (χ4v) is 4.05.